The third-order valence-electron chi connectivity index (χ3n) is 12.3. The number of unbranched alkanes of at least 4 members (excludes halogenated alkanes) is 6. The number of anilines is 1. The minimum absolute atomic E-state index is 0.00737. The maximum absolute atomic E-state index is 13.5. The van der Waals surface area contributed by atoms with Crippen LogP contribution >= 0.6 is 27.7 Å². The Morgan fingerprint density at radius 2 is 1.19 bits per heavy atom. The quantitative estimate of drug-likeness (QED) is 0.0340. The number of halogens is 1. The number of nitrogens with zero attached hydrogens (tertiary/aromatic N) is 2. The molecule has 4 aromatic carbocycles. The number of hydrogen-bond donors (Lipinski definition) is 5. The number of carbonyl (C=O) groups is 9. The summed E-state index contributed by atoms with van der Waals surface area (Å²) in [6.45, 7) is 1.82. The van der Waals surface area contributed by atoms with Crippen molar-refractivity contribution in [1.82, 2.24) is 31.1 Å². The summed E-state index contributed by atoms with van der Waals surface area (Å²) in [5.41, 5.74) is 1.92. The summed E-state index contributed by atoms with van der Waals surface area (Å²) < 4.78 is 0.978. The van der Waals surface area contributed by atoms with Crippen LogP contribution < -0.4 is 26.6 Å². The number of benzene rings is 4. The van der Waals surface area contributed by atoms with E-state index >= 15 is 0 Å². The van der Waals surface area contributed by atoms with Crippen molar-refractivity contribution in [1.29, 1.82) is 0 Å². The van der Waals surface area contributed by atoms with Gasteiger partial charge in [0, 0.05) is 94.9 Å². The minimum atomic E-state index is -1.01. The SMILES string of the molecule is O=C(CCCCCNC(=O)CCCCC(=O)NCCN1C(=O)c2cccc3c(Sc4ccc(Br)cc4)ccc(c23)C1=O)NCCCCCCNc1cccc2c1C(=O)N(C1CCC(=O)NC1=O)C2=O. The molecule has 7 rings (SSSR count). The molecule has 9 amide bonds. The Kier molecular flexibility index (Phi) is 17.7. The average Bonchev–Trinajstić information content (AvgIpc) is 3.59. The zero-order valence-corrected chi connectivity index (χ0v) is 40.7. The number of fused-ring (bicyclic) bond motifs is 1. The Hall–Kier alpha value is -6.40. The highest BCUT2D eigenvalue weighted by Crippen LogP contribution is 2.39. The Morgan fingerprint density at radius 3 is 1.86 bits per heavy atom. The molecule has 1 atom stereocenters. The van der Waals surface area contributed by atoms with E-state index in [4.69, 9.17) is 0 Å². The maximum Gasteiger partial charge on any atom is 0.264 e. The van der Waals surface area contributed by atoms with Crippen LogP contribution in [0.3, 0.4) is 0 Å². The van der Waals surface area contributed by atoms with E-state index in [2.05, 4.69) is 42.5 Å². The highest BCUT2D eigenvalue weighted by molar-refractivity contribution is 9.10. The van der Waals surface area contributed by atoms with Gasteiger partial charge in [0.25, 0.3) is 23.6 Å². The molecule has 18 heteroatoms. The fourth-order valence-electron chi connectivity index (χ4n) is 8.72. The molecule has 69 heavy (non-hydrogen) atoms. The molecule has 0 bridgehead atoms. The summed E-state index contributed by atoms with van der Waals surface area (Å²) in [7, 11) is 0. The van der Waals surface area contributed by atoms with Crippen molar-refractivity contribution < 1.29 is 43.2 Å². The molecule has 3 heterocycles. The lowest BCUT2D eigenvalue weighted by Gasteiger charge is -2.27. The third kappa shape index (κ3) is 12.8. The van der Waals surface area contributed by atoms with Gasteiger partial charge in [0.15, 0.2) is 0 Å². The van der Waals surface area contributed by atoms with Crippen LogP contribution in [-0.2, 0) is 24.0 Å². The number of nitrogens with one attached hydrogen (secondary N) is 5. The molecule has 0 aliphatic carbocycles. The Labute approximate surface area is 413 Å². The van der Waals surface area contributed by atoms with Gasteiger partial charge in [0.1, 0.15) is 6.04 Å². The van der Waals surface area contributed by atoms with Gasteiger partial charge in [-0.2, -0.15) is 0 Å². The molecule has 3 aliphatic rings. The van der Waals surface area contributed by atoms with Crippen LogP contribution in [0.15, 0.2) is 87.1 Å². The highest BCUT2D eigenvalue weighted by Gasteiger charge is 2.45. The van der Waals surface area contributed by atoms with E-state index < -0.39 is 41.5 Å². The summed E-state index contributed by atoms with van der Waals surface area (Å²) in [5, 5.41) is 15.6. The molecule has 4 aromatic rings. The molecular weight excluding hydrogens is 967 g/mol. The first-order valence-corrected chi connectivity index (χ1v) is 25.3. The van der Waals surface area contributed by atoms with Gasteiger partial charge in [-0.05, 0) is 105 Å². The summed E-state index contributed by atoms with van der Waals surface area (Å²) >= 11 is 5.02. The number of piperidine rings is 1. The zero-order chi connectivity index (χ0) is 48.9. The minimum Gasteiger partial charge on any atom is -0.384 e. The van der Waals surface area contributed by atoms with Crippen LogP contribution in [0.4, 0.5) is 5.69 Å². The van der Waals surface area contributed by atoms with Crippen molar-refractivity contribution >= 4 is 97.3 Å². The molecule has 3 aliphatic heterocycles. The number of imide groups is 3. The van der Waals surface area contributed by atoms with Gasteiger partial charge < -0.3 is 21.3 Å². The van der Waals surface area contributed by atoms with Gasteiger partial charge in [0.05, 0.1) is 11.1 Å². The normalized spacial score (nSPS) is 15.3. The second-order valence-electron chi connectivity index (χ2n) is 17.2. The molecule has 16 nitrogen and oxygen atoms in total. The van der Waals surface area contributed by atoms with Gasteiger partial charge in [-0.15, -0.1) is 0 Å². The standard InChI is InChI=1S/C51H56BrN7O9S/c52-32-19-21-33(22-20-32)69-40-25-23-37-45-34(40)12-10-13-35(45)48(65)58(49(37)66)31-30-56-43(62)18-6-5-17-42(61)55-29-9-3-4-16-41(60)54-28-8-2-1-7-27-53-38-15-11-14-36-46(38)51(68)59(50(36)67)39-24-26-44(63)57-47(39)64/h10-15,19-23,25,39,53H,1-9,16-18,24,26-31H2,(H,54,60)(H,55,61)(H,56,62)(H,57,63,64). The molecule has 0 spiro atoms. The molecule has 1 fully saturated rings. The molecule has 0 aromatic heterocycles. The fourth-order valence-corrected chi connectivity index (χ4v) is 9.92. The maximum atomic E-state index is 13.5. The predicted molar refractivity (Wildman–Crippen MR) is 264 cm³/mol. The van der Waals surface area contributed by atoms with E-state index in [0.717, 1.165) is 63.1 Å². The molecule has 5 N–H and O–H groups in total. The number of rotatable bonds is 25. The molecule has 1 saturated heterocycles. The zero-order valence-electron chi connectivity index (χ0n) is 38.3. The lowest BCUT2D eigenvalue weighted by atomic mass is 9.94. The van der Waals surface area contributed by atoms with Gasteiger partial charge in [-0.25, -0.2) is 0 Å². The number of carbonyl (C=O) groups excluding carboxylic acids is 9. The summed E-state index contributed by atoms with van der Waals surface area (Å²) in [6, 6.07) is 21.1. The van der Waals surface area contributed by atoms with Crippen molar-refractivity contribution in [2.24, 2.45) is 0 Å². The second-order valence-corrected chi connectivity index (χ2v) is 19.3. The lowest BCUT2D eigenvalue weighted by Crippen LogP contribution is -2.54. The Bertz CT molecular complexity index is 2620. The van der Waals surface area contributed by atoms with Crippen LogP contribution in [0.1, 0.15) is 131 Å². The molecule has 0 saturated carbocycles. The summed E-state index contributed by atoms with van der Waals surface area (Å²) in [4.78, 5) is 119. The van der Waals surface area contributed by atoms with Gasteiger partial charge in [-0.3, -0.25) is 58.3 Å². The largest absolute Gasteiger partial charge is 0.384 e. The topological polar surface area (TPSA) is 220 Å². The van der Waals surface area contributed by atoms with Crippen LogP contribution in [0, 0.1) is 0 Å². The van der Waals surface area contributed by atoms with Crippen molar-refractivity contribution in [2.75, 3.05) is 38.0 Å². The van der Waals surface area contributed by atoms with Crippen molar-refractivity contribution in [3.8, 4) is 0 Å². The monoisotopic (exact) mass is 1020 g/mol. The van der Waals surface area contributed by atoms with Crippen LogP contribution in [0.25, 0.3) is 10.8 Å². The van der Waals surface area contributed by atoms with Crippen LogP contribution in [-0.4, -0.2) is 102 Å². The summed E-state index contributed by atoms with van der Waals surface area (Å²) in [6.07, 6.45) is 7.82. The molecule has 1 unspecified atom stereocenters. The van der Waals surface area contributed by atoms with E-state index in [1.807, 2.05) is 42.5 Å². The first-order chi connectivity index (χ1) is 33.4. The molecule has 362 valence electrons. The van der Waals surface area contributed by atoms with E-state index in [1.165, 1.54) is 4.90 Å². The van der Waals surface area contributed by atoms with Crippen molar-refractivity contribution in [2.45, 2.75) is 106 Å². The van der Waals surface area contributed by atoms with E-state index in [1.54, 1.807) is 42.1 Å². The fraction of sp³-hybridized carbons (Fsp3) is 0.392. The van der Waals surface area contributed by atoms with Crippen molar-refractivity contribution in [3.63, 3.8) is 0 Å². The first-order valence-electron chi connectivity index (χ1n) is 23.6. The average molecular weight is 1020 g/mol. The van der Waals surface area contributed by atoms with E-state index in [0.29, 0.717) is 73.9 Å². The first kappa shape index (κ1) is 50.5. The number of hydrogen-bond acceptors (Lipinski definition) is 11. The summed E-state index contributed by atoms with van der Waals surface area (Å²) in [5.74, 6) is -3.24. The van der Waals surface area contributed by atoms with Gasteiger partial charge >= 0.3 is 0 Å². The molecule has 0 radical (unpaired) electrons. The van der Waals surface area contributed by atoms with Crippen LogP contribution in [0.2, 0.25) is 0 Å². The number of amides is 9. The van der Waals surface area contributed by atoms with Gasteiger partial charge in [0.2, 0.25) is 29.5 Å². The second kappa shape index (κ2) is 24.2. The van der Waals surface area contributed by atoms with E-state index in [-0.39, 0.29) is 61.2 Å². The van der Waals surface area contributed by atoms with Crippen molar-refractivity contribution in [3.05, 3.63) is 99.5 Å². The highest BCUT2D eigenvalue weighted by atomic mass is 79.9. The Morgan fingerprint density at radius 1 is 0.609 bits per heavy atom. The smallest absolute Gasteiger partial charge is 0.264 e. The van der Waals surface area contributed by atoms with Gasteiger partial charge in [-0.1, -0.05) is 65.2 Å². The molecular formula is C51H56BrN7O9S. The lowest BCUT2D eigenvalue weighted by molar-refractivity contribution is -0.136. The predicted octanol–water partition coefficient (Wildman–Crippen LogP) is 6.89. The van der Waals surface area contributed by atoms with E-state index in [9.17, 15) is 43.2 Å². The third-order valence-corrected chi connectivity index (χ3v) is 13.9. The Balaban J connectivity index is 0.677. The van der Waals surface area contributed by atoms with Crippen LogP contribution in [0.5, 0.6) is 0 Å².